The molecule has 0 saturated carbocycles. The molecule has 0 fully saturated rings. The first-order valence-corrected chi connectivity index (χ1v) is 9.53. The number of aromatic hydroxyl groups is 1. The standard InChI is InChI=1S/C21H16F3N7O/c22-21(23,24)19-13-18(32)8-7-15(19)5-3-14-4-6-17(20-26-28-29-27-20)12-16(14)2-1-10-31-11-9-25-30-31/h4,6-9,11-13,32H,1-2,10H2,(H,26,27,28,29). The zero-order valence-corrected chi connectivity index (χ0v) is 16.5. The molecule has 0 amide bonds. The summed E-state index contributed by atoms with van der Waals surface area (Å²) in [6, 6.07) is 8.33. The second-order valence-electron chi connectivity index (χ2n) is 6.87. The van der Waals surface area contributed by atoms with Crippen molar-refractivity contribution in [3.05, 3.63) is 71.0 Å². The molecule has 2 aromatic heterocycles. The molecule has 2 aromatic carbocycles. The number of nitrogens with one attached hydrogen (secondary N) is 1. The van der Waals surface area contributed by atoms with E-state index in [1.54, 1.807) is 29.2 Å². The number of rotatable bonds is 5. The number of hydrogen-bond acceptors (Lipinski definition) is 6. The molecule has 8 nitrogen and oxygen atoms in total. The van der Waals surface area contributed by atoms with Crippen molar-refractivity contribution in [1.29, 1.82) is 0 Å². The van der Waals surface area contributed by atoms with Gasteiger partial charge in [-0.25, -0.2) is 5.10 Å². The van der Waals surface area contributed by atoms with Gasteiger partial charge in [-0.05, 0) is 65.2 Å². The lowest BCUT2D eigenvalue weighted by atomic mass is 9.99. The zero-order valence-electron chi connectivity index (χ0n) is 16.5. The molecule has 11 heteroatoms. The van der Waals surface area contributed by atoms with Crippen LogP contribution in [0.15, 0.2) is 48.8 Å². The minimum Gasteiger partial charge on any atom is -0.508 e. The van der Waals surface area contributed by atoms with E-state index in [4.69, 9.17) is 0 Å². The fourth-order valence-electron chi connectivity index (χ4n) is 3.15. The van der Waals surface area contributed by atoms with E-state index in [2.05, 4.69) is 42.8 Å². The Morgan fingerprint density at radius 3 is 2.59 bits per heavy atom. The Kier molecular flexibility index (Phi) is 5.85. The number of aromatic nitrogens is 7. The van der Waals surface area contributed by atoms with E-state index < -0.39 is 17.5 Å². The number of alkyl halides is 3. The third kappa shape index (κ3) is 4.92. The molecular weight excluding hydrogens is 423 g/mol. The van der Waals surface area contributed by atoms with E-state index in [-0.39, 0.29) is 5.56 Å². The summed E-state index contributed by atoms with van der Waals surface area (Å²) in [6.07, 6.45) is 0.0157. The summed E-state index contributed by atoms with van der Waals surface area (Å²) < 4.78 is 41.7. The SMILES string of the molecule is Oc1ccc(C#Cc2ccc(-c3nnn[nH]3)cc2CCCn2ccnn2)c(C(F)(F)F)c1. The number of phenolic OH excluding ortho intramolecular Hbond substituents is 1. The van der Waals surface area contributed by atoms with Gasteiger partial charge in [-0.2, -0.15) is 13.2 Å². The van der Waals surface area contributed by atoms with E-state index in [1.807, 2.05) is 6.07 Å². The Morgan fingerprint density at radius 2 is 1.88 bits per heavy atom. The van der Waals surface area contributed by atoms with Crippen LogP contribution in [0.3, 0.4) is 0 Å². The fraction of sp³-hybridized carbons (Fsp3) is 0.190. The number of phenols is 1. The lowest BCUT2D eigenvalue weighted by molar-refractivity contribution is -0.137. The molecule has 0 saturated heterocycles. The van der Waals surface area contributed by atoms with Gasteiger partial charge in [0.2, 0.25) is 0 Å². The molecule has 0 aliphatic carbocycles. The van der Waals surface area contributed by atoms with Gasteiger partial charge in [-0.1, -0.05) is 17.1 Å². The van der Waals surface area contributed by atoms with Crippen molar-refractivity contribution in [2.24, 2.45) is 0 Å². The first-order chi connectivity index (χ1) is 15.4. The molecule has 32 heavy (non-hydrogen) atoms. The van der Waals surface area contributed by atoms with Crippen LogP contribution in [0.25, 0.3) is 11.4 Å². The van der Waals surface area contributed by atoms with E-state index in [0.29, 0.717) is 36.8 Å². The Morgan fingerprint density at radius 1 is 1.06 bits per heavy atom. The van der Waals surface area contributed by atoms with Crippen molar-refractivity contribution in [3.63, 3.8) is 0 Å². The second kappa shape index (κ2) is 8.89. The summed E-state index contributed by atoms with van der Waals surface area (Å²) in [5, 5.41) is 30.9. The normalized spacial score (nSPS) is 11.2. The highest BCUT2D eigenvalue weighted by atomic mass is 19.4. The predicted molar refractivity (Wildman–Crippen MR) is 107 cm³/mol. The van der Waals surface area contributed by atoms with Gasteiger partial charge in [0.15, 0.2) is 5.82 Å². The average molecular weight is 439 g/mol. The predicted octanol–water partition coefficient (Wildman–Crippen LogP) is 3.22. The van der Waals surface area contributed by atoms with E-state index in [9.17, 15) is 18.3 Å². The molecular formula is C21H16F3N7O. The highest BCUT2D eigenvalue weighted by molar-refractivity contribution is 5.60. The maximum absolute atomic E-state index is 13.3. The first kappa shape index (κ1) is 21.0. The van der Waals surface area contributed by atoms with Gasteiger partial charge in [0.05, 0.1) is 11.8 Å². The molecule has 0 unspecified atom stereocenters. The minimum atomic E-state index is -4.63. The van der Waals surface area contributed by atoms with Crippen LogP contribution in [0.5, 0.6) is 5.75 Å². The fourth-order valence-corrected chi connectivity index (χ4v) is 3.15. The number of aromatic amines is 1. The van der Waals surface area contributed by atoms with Gasteiger partial charge in [0.1, 0.15) is 5.75 Å². The van der Waals surface area contributed by atoms with Crippen LogP contribution < -0.4 is 0 Å². The Bertz CT molecular complexity index is 1260. The lowest BCUT2D eigenvalue weighted by Crippen LogP contribution is -2.07. The third-order valence-corrected chi connectivity index (χ3v) is 4.67. The number of H-pyrrole nitrogens is 1. The summed E-state index contributed by atoms with van der Waals surface area (Å²) >= 11 is 0. The Labute approximate surface area is 180 Å². The van der Waals surface area contributed by atoms with Gasteiger partial charge in [0.25, 0.3) is 0 Å². The van der Waals surface area contributed by atoms with Crippen LogP contribution >= 0.6 is 0 Å². The highest BCUT2D eigenvalue weighted by Gasteiger charge is 2.33. The van der Waals surface area contributed by atoms with Crippen molar-refractivity contribution in [3.8, 4) is 29.0 Å². The van der Waals surface area contributed by atoms with Crippen molar-refractivity contribution in [2.45, 2.75) is 25.6 Å². The van der Waals surface area contributed by atoms with E-state index in [0.717, 1.165) is 17.2 Å². The Balaban J connectivity index is 1.66. The largest absolute Gasteiger partial charge is 0.508 e. The molecule has 0 aliphatic rings. The molecule has 4 rings (SSSR count). The molecule has 162 valence electrons. The summed E-state index contributed by atoms with van der Waals surface area (Å²) in [5.74, 6) is 5.46. The number of aryl methyl sites for hydroxylation is 2. The van der Waals surface area contributed by atoms with Gasteiger partial charge in [-0.15, -0.1) is 10.2 Å². The zero-order chi connectivity index (χ0) is 22.6. The van der Waals surface area contributed by atoms with Crippen LogP contribution in [0.1, 0.15) is 28.7 Å². The van der Waals surface area contributed by atoms with Crippen LogP contribution in [0.2, 0.25) is 0 Å². The lowest BCUT2D eigenvalue weighted by Gasteiger charge is -2.10. The van der Waals surface area contributed by atoms with Crippen LogP contribution in [-0.2, 0) is 19.1 Å². The minimum absolute atomic E-state index is 0.215. The number of halogens is 3. The molecule has 0 radical (unpaired) electrons. The third-order valence-electron chi connectivity index (χ3n) is 4.67. The number of nitrogens with zero attached hydrogens (tertiary/aromatic N) is 6. The van der Waals surface area contributed by atoms with Gasteiger partial charge in [-0.3, -0.25) is 4.68 Å². The maximum atomic E-state index is 13.3. The number of hydrogen-bond donors (Lipinski definition) is 2. The molecule has 0 atom stereocenters. The monoisotopic (exact) mass is 439 g/mol. The van der Waals surface area contributed by atoms with Crippen LogP contribution in [0.4, 0.5) is 13.2 Å². The topological polar surface area (TPSA) is 105 Å². The quantitative estimate of drug-likeness (QED) is 0.463. The van der Waals surface area contributed by atoms with E-state index in [1.165, 1.54) is 6.07 Å². The van der Waals surface area contributed by atoms with Crippen molar-refractivity contribution < 1.29 is 18.3 Å². The maximum Gasteiger partial charge on any atom is 0.417 e. The van der Waals surface area contributed by atoms with Crippen LogP contribution in [0, 0.1) is 11.8 Å². The molecule has 0 spiro atoms. The smallest absolute Gasteiger partial charge is 0.417 e. The number of tetrazole rings is 1. The first-order valence-electron chi connectivity index (χ1n) is 9.53. The summed E-state index contributed by atoms with van der Waals surface area (Å²) in [5.41, 5.74) is 0.950. The molecule has 0 bridgehead atoms. The Hall–Kier alpha value is -4.20. The van der Waals surface area contributed by atoms with Crippen molar-refractivity contribution in [1.82, 2.24) is 35.6 Å². The second-order valence-corrected chi connectivity index (χ2v) is 6.87. The van der Waals surface area contributed by atoms with E-state index >= 15 is 0 Å². The van der Waals surface area contributed by atoms with Crippen LogP contribution in [-0.4, -0.2) is 40.7 Å². The van der Waals surface area contributed by atoms with Gasteiger partial charge in [0, 0.05) is 29.4 Å². The van der Waals surface area contributed by atoms with Gasteiger partial charge >= 0.3 is 6.18 Å². The highest BCUT2D eigenvalue weighted by Crippen LogP contribution is 2.34. The molecule has 4 aromatic rings. The van der Waals surface area contributed by atoms with Crippen molar-refractivity contribution in [2.75, 3.05) is 0 Å². The number of benzene rings is 2. The molecule has 2 N–H and O–H groups in total. The molecule has 2 heterocycles. The van der Waals surface area contributed by atoms with Gasteiger partial charge < -0.3 is 5.11 Å². The van der Waals surface area contributed by atoms with Crippen molar-refractivity contribution >= 4 is 0 Å². The molecule has 0 aliphatic heterocycles. The summed E-state index contributed by atoms with van der Waals surface area (Å²) in [7, 11) is 0. The summed E-state index contributed by atoms with van der Waals surface area (Å²) in [6.45, 7) is 0.622. The summed E-state index contributed by atoms with van der Waals surface area (Å²) in [4.78, 5) is 0. The average Bonchev–Trinajstić information content (AvgIpc) is 3.47.